The van der Waals surface area contributed by atoms with Crippen LogP contribution in [0.25, 0.3) is 0 Å². The summed E-state index contributed by atoms with van der Waals surface area (Å²) in [5.74, 6) is -0.320. The highest BCUT2D eigenvalue weighted by atomic mass is 35.5. The van der Waals surface area contributed by atoms with Crippen molar-refractivity contribution in [3.05, 3.63) is 70.2 Å². The third-order valence-electron chi connectivity index (χ3n) is 3.31. The molecule has 0 amide bonds. The van der Waals surface area contributed by atoms with Gasteiger partial charge >= 0.3 is 5.97 Å². The Morgan fingerprint density at radius 1 is 1.24 bits per heavy atom. The molecule has 0 bridgehead atoms. The van der Waals surface area contributed by atoms with Crippen molar-refractivity contribution < 1.29 is 9.53 Å². The first-order chi connectivity index (χ1) is 10.1. The number of esters is 1. The third kappa shape index (κ3) is 4.31. The second kappa shape index (κ2) is 7.25. The van der Waals surface area contributed by atoms with Gasteiger partial charge < -0.3 is 10.1 Å². The van der Waals surface area contributed by atoms with E-state index in [9.17, 15) is 4.79 Å². The number of carbonyl (C=O) groups excluding carboxylic acids is 1. The summed E-state index contributed by atoms with van der Waals surface area (Å²) in [6.07, 6.45) is 0. The van der Waals surface area contributed by atoms with Gasteiger partial charge in [-0.2, -0.15) is 0 Å². The lowest BCUT2D eigenvalue weighted by Crippen LogP contribution is -2.18. The molecule has 0 aliphatic rings. The molecule has 21 heavy (non-hydrogen) atoms. The van der Waals surface area contributed by atoms with Crippen LogP contribution in [0.1, 0.15) is 34.5 Å². The van der Waals surface area contributed by atoms with E-state index in [1.54, 1.807) is 6.07 Å². The van der Waals surface area contributed by atoms with Crippen molar-refractivity contribution in [2.45, 2.75) is 19.5 Å². The number of carbonyl (C=O) groups is 1. The molecule has 0 fully saturated rings. The Morgan fingerprint density at radius 3 is 2.71 bits per heavy atom. The van der Waals surface area contributed by atoms with Crippen LogP contribution in [0.5, 0.6) is 0 Å². The fourth-order valence-corrected chi connectivity index (χ4v) is 2.29. The molecule has 0 heterocycles. The number of hydrogen-bond donors (Lipinski definition) is 1. The van der Waals surface area contributed by atoms with Crippen molar-refractivity contribution in [2.75, 3.05) is 7.11 Å². The number of hydrogen-bond acceptors (Lipinski definition) is 3. The predicted molar refractivity (Wildman–Crippen MR) is 84.5 cm³/mol. The lowest BCUT2D eigenvalue weighted by molar-refractivity contribution is 0.0600. The molecule has 2 aromatic carbocycles. The van der Waals surface area contributed by atoms with Crippen molar-refractivity contribution in [1.82, 2.24) is 5.32 Å². The molecule has 3 nitrogen and oxygen atoms in total. The number of rotatable bonds is 5. The minimum absolute atomic E-state index is 0.172. The van der Waals surface area contributed by atoms with E-state index in [0.717, 1.165) is 16.1 Å². The zero-order chi connectivity index (χ0) is 15.2. The summed E-state index contributed by atoms with van der Waals surface area (Å²) in [6, 6.07) is 15.4. The molecule has 0 spiro atoms. The van der Waals surface area contributed by atoms with E-state index in [1.165, 1.54) is 7.11 Å². The van der Waals surface area contributed by atoms with Crippen molar-refractivity contribution in [2.24, 2.45) is 0 Å². The second-order valence-electron chi connectivity index (χ2n) is 4.85. The highest BCUT2D eigenvalue weighted by molar-refractivity contribution is 6.30. The summed E-state index contributed by atoms with van der Waals surface area (Å²) in [7, 11) is 1.38. The maximum Gasteiger partial charge on any atom is 0.337 e. The summed E-state index contributed by atoms with van der Waals surface area (Å²) < 4.78 is 4.73. The Hall–Kier alpha value is -1.84. The second-order valence-corrected chi connectivity index (χ2v) is 5.29. The molecule has 0 radical (unpaired) electrons. The molecule has 0 saturated carbocycles. The lowest BCUT2D eigenvalue weighted by atomic mass is 10.1. The number of benzene rings is 2. The predicted octanol–water partition coefficient (Wildman–Crippen LogP) is 3.98. The van der Waals surface area contributed by atoms with Gasteiger partial charge in [-0.15, -0.1) is 0 Å². The van der Waals surface area contributed by atoms with Crippen LogP contribution >= 0.6 is 11.6 Å². The Kier molecular flexibility index (Phi) is 5.37. The average Bonchev–Trinajstić information content (AvgIpc) is 2.52. The van der Waals surface area contributed by atoms with Gasteiger partial charge in [0.05, 0.1) is 12.7 Å². The van der Waals surface area contributed by atoms with Crippen molar-refractivity contribution in [3.8, 4) is 0 Å². The molecule has 2 aromatic rings. The molecular formula is C17H18ClNO2. The van der Waals surface area contributed by atoms with Gasteiger partial charge in [0.25, 0.3) is 0 Å². The SMILES string of the molecule is COC(=O)c1cccc(CN[C@H](C)c2cccc(Cl)c2)c1. The smallest absolute Gasteiger partial charge is 0.337 e. The quantitative estimate of drug-likeness (QED) is 0.849. The average molecular weight is 304 g/mol. The Labute approximate surface area is 129 Å². The summed E-state index contributed by atoms with van der Waals surface area (Å²) in [6.45, 7) is 2.74. The fraction of sp³-hybridized carbons (Fsp3) is 0.235. The van der Waals surface area contributed by atoms with E-state index in [2.05, 4.69) is 12.2 Å². The highest BCUT2D eigenvalue weighted by Crippen LogP contribution is 2.18. The van der Waals surface area contributed by atoms with Gasteiger partial charge in [0.15, 0.2) is 0 Å². The third-order valence-corrected chi connectivity index (χ3v) is 3.54. The molecule has 0 unspecified atom stereocenters. The topological polar surface area (TPSA) is 38.3 Å². The Bertz CT molecular complexity index is 628. The maximum atomic E-state index is 11.5. The van der Waals surface area contributed by atoms with Gasteiger partial charge in [-0.05, 0) is 42.3 Å². The molecule has 1 N–H and O–H groups in total. The first-order valence-electron chi connectivity index (χ1n) is 6.76. The molecule has 1 atom stereocenters. The molecule has 0 aromatic heterocycles. The van der Waals surface area contributed by atoms with Crippen LogP contribution in [-0.2, 0) is 11.3 Å². The molecular weight excluding hydrogens is 286 g/mol. The van der Waals surface area contributed by atoms with Gasteiger partial charge in [0.1, 0.15) is 0 Å². The van der Waals surface area contributed by atoms with Crippen molar-refractivity contribution >= 4 is 17.6 Å². The van der Waals surface area contributed by atoms with E-state index in [-0.39, 0.29) is 12.0 Å². The Morgan fingerprint density at radius 2 is 2.00 bits per heavy atom. The van der Waals surface area contributed by atoms with Crippen LogP contribution in [0.4, 0.5) is 0 Å². The Balaban J connectivity index is 2.01. The molecule has 0 aliphatic carbocycles. The summed E-state index contributed by atoms with van der Waals surface area (Å²) in [5.41, 5.74) is 2.73. The minimum Gasteiger partial charge on any atom is -0.465 e. The zero-order valence-electron chi connectivity index (χ0n) is 12.1. The van der Waals surface area contributed by atoms with Crippen LogP contribution in [0.3, 0.4) is 0 Å². The van der Waals surface area contributed by atoms with Gasteiger partial charge in [-0.25, -0.2) is 4.79 Å². The van der Waals surface area contributed by atoms with E-state index in [1.807, 2.05) is 42.5 Å². The number of methoxy groups -OCH3 is 1. The highest BCUT2D eigenvalue weighted by Gasteiger charge is 2.08. The maximum absolute atomic E-state index is 11.5. The van der Waals surface area contributed by atoms with Gasteiger partial charge in [0.2, 0.25) is 0 Å². The first-order valence-corrected chi connectivity index (χ1v) is 7.14. The lowest BCUT2D eigenvalue weighted by Gasteiger charge is -2.15. The zero-order valence-corrected chi connectivity index (χ0v) is 12.9. The summed E-state index contributed by atoms with van der Waals surface area (Å²) >= 11 is 6.00. The van der Waals surface area contributed by atoms with Crippen LogP contribution in [0, 0.1) is 0 Å². The minimum atomic E-state index is -0.320. The van der Waals surface area contributed by atoms with E-state index in [4.69, 9.17) is 16.3 Å². The molecule has 0 aliphatic heterocycles. The normalized spacial score (nSPS) is 12.0. The van der Waals surface area contributed by atoms with Gasteiger partial charge in [-0.3, -0.25) is 0 Å². The van der Waals surface area contributed by atoms with E-state index < -0.39 is 0 Å². The molecule has 0 saturated heterocycles. The number of nitrogens with one attached hydrogen (secondary N) is 1. The van der Waals surface area contributed by atoms with Gasteiger partial charge in [0, 0.05) is 17.6 Å². The molecule has 110 valence electrons. The van der Waals surface area contributed by atoms with Crippen LogP contribution in [0.15, 0.2) is 48.5 Å². The van der Waals surface area contributed by atoms with Crippen LogP contribution in [-0.4, -0.2) is 13.1 Å². The molecule has 2 rings (SSSR count). The van der Waals surface area contributed by atoms with Crippen molar-refractivity contribution in [3.63, 3.8) is 0 Å². The van der Waals surface area contributed by atoms with E-state index >= 15 is 0 Å². The number of ether oxygens (including phenoxy) is 1. The van der Waals surface area contributed by atoms with E-state index in [0.29, 0.717) is 12.1 Å². The first kappa shape index (κ1) is 15.5. The van der Waals surface area contributed by atoms with Crippen LogP contribution in [0.2, 0.25) is 5.02 Å². The summed E-state index contributed by atoms with van der Waals surface area (Å²) in [5, 5.41) is 4.15. The van der Waals surface area contributed by atoms with Gasteiger partial charge in [-0.1, -0.05) is 35.9 Å². The monoisotopic (exact) mass is 303 g/mol. The summed E-state index contributed by atoms with van der Waals surface area (Å²) in [4.78, 5) is 11.5. The van der Waals surface area contributed by atoms with Crippen LogP contribution < -0.4 is 5.32 Å². The molecule has 4 heteroatoms. The number of halogens is 1. The standard InChI is InChI=1S/C17H18ClNO2/c1-12(14-6-4-8-16(18)10-14)19-11-13-5-3-7-15(9-13)17(20)21-2/h3-10,12,19H,11H2,1-2H3/t12-/m1/s1. The fourth-order valence-electron chi connectivity index (χ4n) is 2.09. The largest absolute Gasteiger partial charge is 0.465 e. The van der Waals surface area contributed by atoms with Crippen molar-refractivity contribution in [1.29, 1.82) is 0 Å².